The van der Waals surface area contributed by atoms with Gasteiger partial charge in [-0.3, -0.25) is 0 Å². The molecule has 8 heavy (non-hydrogen) atoms. The van der Waals surface area contributed by atoms with Crippen molar-refractivity contribution in [1.29, 1.82) is 0 Å². The first-order valence-electron chi connectivity index (χ1n) is 2.15. The first-order valence-corrected chi connectivity index (χ1v) is 2.15. The second-order valence-corrected chi connectivity index (χ2v) is 1.26. The summed E-state index contributed by atoms with van der Waals surface area (Å²) >= 11 is 0. The van der Waals surface area contributed by atoms with Crippen molar-refractivity contribution in [1.82, 2.24) is 4.98 Å². The van der Waals surface area contributed by atoms with Crippen LogP contribution in [-0.2, 0) is 0 Å². The van der Waals surface area contributed by atoms with E-state index < -0.39 is 0 Å². The predicted octanol–water partition coefficient (Wildman–Crippen LogP) is 0.422. The van der Waals surface area contributed by atoms with Crippen LogP contribution < -0.4 is 5.32 Å². The lowest BCUT2D eigenvalue weighted by molar-refractivity contribution is 0.448. The Bertz CT molecular complexity index is 172. The normalized spacial score (nSPS) is 9.12. The van der Waals surface area contributed by atoms with Crippen LogP contribution in [0.25, 0.3) is 0 Å². The number of nitrogens with zero attached hydrogens (tertiary/aromatic N) is 1. The van der Waals surface area contributed by atoms with Crippen LogP contribution >= 0.6 is 0 Å². The number of oxazole rings is 1. The fraction of sp³-hybridized carbons (Fsp3) is 0.250. The fourth-order valence-corrected chi connectivity index (χ4v) is 0.380. The lowest BCUT2D eigenvalue weighted by Gasteiger charge is -1.83. The molecule has 1 aromatic rings. The van der Waals surface area contributed by atoms with Gasteiger partial charge in [-0.25, -0.2) is 0 Å². The van der Waals surface area contributed by atoms with Crippen LogP contribution in [0.2, 0.25) is 0 Å². The zero-order valence-corrected chi connectivity index (χ0v) is 4.38. The number of rotatable bonds is 1. The summed E-state index contributed by atoms with van der Waals surface area (Å²) in [5, 5.41) is 11.1. The Morgan fingerprint density at radius 2 is 2.62 bits per heavy atom. The van der Waals surface area contributed by atoms with Gasteiger partial charge < -0.3 is 14.8 Å². The maximum atomic E-state index is 8.54. The number of hydrogen-bond acceptors (Lipinski definition) is 4. The van der Waals surface area contributed by atoms with Crippen LogP contribution in [0.5, 0.6) is 5.88 Å². The summed E-state index contributed by atoms with van der Waals surface area (Å²) < 4.78 is 4.64. The Balaban J connectivity index is 2.84. The van der Waals surface area contributed by atoms with Crippen LogP contribution in [0, 0.1) is 0 Å². The quantitative estimate of drug-likeness (QED) is 0.555. The molecule has 0 radical (unpaired) electrons. The van der Waals surface area contributed by atoms with Crippen molar-refractivity contribution in [3.63, 3.8) is 0 Å². The van der Waals surface area contributed by atoms with E-state index in [0.29, 0.717) is 6.01 Å². The largest absolute Gasteiger partial charge is 0.491 e. The number of anilines is 1. The monoisotopic (exact) mass is 114 g/mol. The summed E-state index contributed by atoms with van der Waals surface area (Å²) in [6.45, 7) is 0. The smallest absolute Gasteiger partial charge is 0.297 e. The SMILES string of the molecule is CNc1nc(O)co1. The average Bonchev–Trinajstić information content (AvgIpc) is 2.14. The molecule has 0 aliphatic rings. The van der Waals surface area contributed by atoms with Crippen molar-refractivity contribution in [2.45, 2.75) is 0 Å². The molecule has 4 nitrogen and oxygen atoms in total. The van der Waals surface area contributed by atoms with Gasteiger partial charge in [0.05, 0.1) is 0 Å². The Hall–Kier alpha value is -1.19. The van der Waals surface area contributed by atoms with Gasteiger partial charge in [0.2, 0.25) is 0 Å². The van der Waals surface area contributed by atoms with Crippen LogP contribution in [-0.4, -0.2) is 17.1 Å². The van der Waals surface area contributed by atoms with E-state index in [1.807, 2.05) is 0 Å². The fourth-order valence-electron chi connectivity index (χ4n) is 0.380. The molecule has 0 atom stereocenters. The minimum atomic E-state index is -0.102. The van der Waals surface area contributed by atoms with E-state index in [1.165, 1.54) is 0 Å². The molecule has 0 saturated carbocycles. The van der Waals surface area contributed by atoms with Crippen LogP contribution in [0.4, 0.5) is 6.01 Å². The number of aromatic nitrogens is 1. The topological polar surface area (TPSA) is 58.3 Å². The van der Waals surface area contributed by atoms with Crippen molar-refractivity contribution in [2.75, 3.05) is 12.4 Å². The van der Waals surface area contributed by atoms with E-state index >= 15 is 0 Å². The number of hydrogen-bond donors (Lipinski definition) is 2. The van der Waals surface area contributed by atoms with Gasteiger partial charge in [0.25, 0.3) is 11.9 Å². The molecule has 0 spiro atoms. The van der Waals surface area contributed by atoms with E-state index in [4.69, 9.17) is 5.11 Å². The molecule has 0 amide bonds. The molecule has 1 aromatic heterocycles. The minimum Gasteiger partial charge on any atom is -0.491 e. The highest BCUT2D eigenvalue weighted by atomic mass is 16.4. The third-order valence-electron chi connectivity index (χ3n) is 0.706. The van der Waals surface area contributed by atoms with Crippen molar-refractivity contribution >= 4 is 6.01 Å². The highest BCUT2D eigenvalue weighted by Gasteiger charge is 1.95. The molecule has 1 rings (SSSR count). The molecule has 0 saturated heterocycles. The maximum absolute atomic E-state index is 8.54. The van der Waals surface area contributed by atoms with Gasteiger partial charge in [0, 0.05) is 7.05 Å². The Kier molecular flexibility index (Phi) is 1.07. The third kappa shape index (κ3) is 0.726. The lowest BCUT2D eigenvalue weighted by atomic mass is 10.9. The summed E-state index contributed by atoms with van der Waals surface area (Å²) in [5.41, 5.74) is 0. The highest BCUT2D eigenvalue weighted by molar-refractivity contribution is 5.21. The average molecular weight is 114 g/mol. The van der Waals surface area contributed by atoms with Crippen molar-refractivity contribution in [3.05, 3.63) is 6.26 Å². The van der Waals surface area contributed by atoms with Crippen molar-refractivity contribution in [2.24, 2.45) is 0 Å². The zero-order chi connectivity index (χ0) is 5.98. The molecule has 44 valence electrons. The summed E-state index contributed by atoms with van der Waals surface area (Å²) in [7, 11) is 1.66. The van der Waals surface area contributed by atoms with E-state index in [2.05, 4.69) is 14.7 Å². The molecule has 2 N–H and O–H groups in total. The summed E-state index contributed by atoms with van der Waals surface area (Å²) in [5.74, 6) is -0.102. The van der Waals surface area contributed by atoms with Gasteiger partial charge in [0.15, 0.2) is 6.26 Å². The molecule has 4 heteroatoms. The van der Waals surface area contributed by atoms with E-state index in [1.54, 1.807) is 7.05 Å². The molecule has 0 unspecified atom stereocenters. The van der Waals surface area contributed by atoms with E-state index in [0.717, 1.165) is 6.26 Å². The van der Waals surface area contributed by atoms with Crippen LogP contribution in [0.1, 0.15) is 0 Å². The maximum Gasteiger partial charge on any atom is 0.297 e. The molecular weight excluding hydrogens is 108 g/mol. The van der Waals surface area contributed by atoms with Gasteiger partial charge >= 0.3 is 0 Å². The first-order chi connectivity index (χ1) is 3.83. The molecule has 1 heterocycles. The Morgan fingerprint density at radius 1 is 1.88 bits per heavy atom. The molecule has 0 aliphatic heterocycles. The van der Waals surface area contributed by atoms with Crippen LogP contribution in [0.15, 0.2) is 10.7 Å². The summed E-state index contributed by atoms with van der Waals surface area (Å²) in [6, 6.07) is 0.322. The van der Waals surface area contributed by atoms with Crippen LogP contribution in [0.3, 0.4) is 0 Å². The zero-order valence-electron chi connectivity index (χ0n) is 4.38. The molecule has 0 fully saturated rings. The van der Waals surface area contributed by atoms with Crippen molar-refractivity contribution in [3.8, 4) is 5.88 Å². The number of nitrogens with one attached hydrogen (secondary N) is 1. The second-order valence-electron chi connectivity index (χ2n) is 1.26. The van der Waals surface area contributed by atoms with Gasteiger partial charge in [-0.2, -0.15) is 4.98 Å². The van der Waals surface area contributed by atoms with Gasteiger partial charge in [-0.1, -0.05) is 0 Å². The van der Waals surface area contributed by atoms with Gasteiger partial charge in [0.1, 0.15) is 0 Å². The predicted molar refractivity (Wildman–Crippen MR) is 27.7 cm³/mol. The molecule has 0 aliphatic carbocycles. The first kappa shape index (κ1) is 4.96. The highest BCUT2D eigenvalue weighted by Crippen LogP contribution is 2.10. The minimum absolute atomic E-state index is 0.102. The molecule has 0 bridgehead atoms. The van der Waals surface area contributed by atoms with E-state index in [9.17, 15) is 0 Å². The third-order valence-corrected chi connectivity index (χ3v) is 0.706. The lowest BCUT2D eigenvalue weighted by Crippen LogP contribution is -1.85. The second kappa shape index (κ2) is 1.73. The Morgan fingerprint density at radius 3 is 2.88 bits per heavy atom. The summed E-state index contributed by atoms with van der Waals surface area (Å²) in [4.78, 5) is 3.51. The Labute approximate surface area is 46.2 Å². The number of aromatic hydroxyl groups is 1. The summed E-state index contributed by atoms with van der Waals surface area (Å²) in [6.07, 6.45) is 1.16. The van der Waals surface area contributed by atoms with E-state index in [-0.39, 0.29) is 5.88 Å². The molecular formula is C4H6N2O2. The molecule has 0 aromatic carbocycles. The van der Waals surface area contributed by atoms with Crippen molar-refractivity contribution < 1.29 is 9.52 Å². The standard InChI is InChI=1S/C4H6N2O2/c1-5-4-6-3(7)2-8-4/h2,7H,1H3,(H,5,6). The van der Waals surface area contributed by atoms with Gasteiger partial charge in [-0.15, -0.1) is 0 Å². The van der Waals surface area contributed by atoms with Gasteiger partial charge in [-0.05, 0) is 0 Å².